The van der Waals surface area contributed by atoms with Gasteiger partial charge in [-0.3, -0.25) is 4.79 Å². The van der Waals surface area contributed by atoms with Crippen LogP contribution in [0.4, 0.5) is 4.79 Å². The second kappa shape index (κ2) is 7.96. The molecule has 0 radical (unpaired) electrons. The minimum atomic E-state index is -0.475. The van der Waals surface area contributed by atoms with Gasteiger partial charge in [-0.05, 0) is 27.2 Å². The van der Waals surface area contributed by atoms with Crippen LogP contribution in [0.5, 0.6) is 0 Å². The maximum atomic E-state index is 11.8. The van der Waals surface area contributed by atoms with Crippen LogP contribution in [-0.4, -0.2) is 42.5 Å². The Balaban J connectivity index is 4.08. The van der Waals surface area contributed by atoms with Crippen molar-refractivity contribution in [3.8, 4) is 0 Å². The lowest BCUT2D eigenvalue weighted by atomic mass is 10.3. The number of nitrogens with one attached hydrogen (secondary N) is 2. The van der Waals surface area contributed by atoms with E-state index in [2.05, 4.69) is 10.6 Å². The standard InChI is InChI=1S/C11H23N3O2/c1-5-8-12-11(16)13-9(4)10(15)14(6-2)7-3/h9H,5-8H2,1-4H3,(H2,12,13,16). The molecule has 0 bridgehead atoms. The van der Waals surface area contributed by atoms with Crippen molar-refractivity contribution in [2.75, 3.05) is 19.6 Å². The number of rotatable bonds is 6. The second-order valence-corrected chi connectivity index (χ2v) is 3.63. The Morgan fingerprint density at radius 1 is 1.19 bits per heavy atom. The summed E-state index contributed by atoms with van der Waals surface area (Å²) in [7, 11) is 0. The van der Waals surface area contributed by atoms with Crippen LogP contribution in [0.1, 0.15) is 34.1 Å². The molecular weight excluding hydrogens is 206 g/mol. The summed E-state index contributed by atoms with van der Waals surface area (Å²) in [6, 6.07) is -0.758. The summed E-state index contributed by atoms with van der Waals surface area (Å²) >= 11 is 0. The van der Waals surface area contributed by atoms with Crippen molar-refractivity contribution in [1.29, 1.82) is 0 Å². The minimum absolute atomic E-state index is 0.0448. The van der Waals surface area contributed by atoms with Gasteiger partial charge < -0.3 is 15.5 Å². The molecule has 0 aliphatic rings. The first kappa shape index (κ1) is 14.7. The molecule has 0 aromatic heterocycles. The highest BCUT2D eigenvalue weighted by Crippen LogP contribution is 1.94. The molecule has 0 aromatic rings. The molecule has 0 aliphatic heterocycles. The molecule has 1 unspecified atom stereocenters. The average Bonchev–Trinajstić information content (AvgIpc) is 2.27. The predicted octanol–water partition coefficient (Wildman–Crippen LogP) is 0.952. The number of urea groups is 1. The molecule has 0 heterocycles. The fourth-order valence-electron chi connectivity index (χ4n) is 1.36. The lowest BCUT2D eigenvalue weighted by Gasteiger charge is -2.23. The van der Waals surface area contributed by atoms with Crippen LogP contribution in [0.15, 0.2) is 0 Å². The van der Waals surface area contributed by atoms with E-state index in [4.69, 9.17) is 0 Å². The molecule has 3 amide bonds. The molecule has 0 aliphatic carbocycles. The molecule has 0 rings (SSSR count). The normalized spacial score (nSPS) is 11.8. The Hall–Kier alpha value is -1.26. The summed E-state index contributed by atoms with van der Waals surface area (Å²) < 4.78 is 0. The second-order valence-electron chi connectivity index (χ2n) is 3.63. The molecule has 16 heavy (non-hydrogen) atoms. The quantitative estimate of drug-likeness (QED) is 0.712. The topological polar surface area (TPSA) is 61.4 Å². The lowest BCUT2D eigenvalue weighted by molar-refractivity contribution is -0.132. The van der Waals surface area contributed by atoms with Gasteiger partial charge in [0.25, 0.3) is 0 Å². The molecule has 5 nitrogen and oxygen atoms in total. The van der Waals surface area contributed by atoms with E-state index in [-0.39, 0.29) is 11.9 Å². The third-order valence-corrected chi connectivity index (χ3v) is 2.33. The summed E-state index contributed by atoms with van der Waals surface area (Å²) in [6.07, 6.45) is 0.881. The van der Waals surface area contributed by atoms with Gasteiger partial charge in [-0.1, -0.05) is 6.92 Å². The molecule has 94 valence electrons. The summed E-state index contributed by atoms with van der Waals surface area (Å²) in [5.41, 5.74) is 0. The first-order valence-corrected chi connectivity index (χ1v) is 5.89. The highest BCUT2D eigenvalue weighted by Gasteiger charge is 2.19. The van der Waals surface area contributed by atoms with Gasteiger partial charge in [0, 0.05) is 19.6 Å². The van der Waals surface area contributed by atoms with Crippen molar-refractivity contribution in [3.63, 3.8) is 0 Å². The first-order valence-electron chi connectivity index (χ1n) is 5.89. The van der Waals surface area contributed by atoms with Gasteiger partial charge in [-0.15, -0.1) is 0 Å². The average molecular weight is 229 g/mol. The molecule has 0 aromatic carbocycles. The van der Waals surface area contributed by atoms with Gasteiger partial charge >= 0.3 is 6.03 Å². The molecule has 1 atom stereocenters. The van der Waals surface area contributed by atoms with Crippen molar-refractivity contribution in [2.45, 2.75) is 40.2 Å². The largest absolute Gasteiger partial charge is 0.341 e. The zero-order chi connectivity index (χ0) is 12.6. The molecule has 0 saturated heterocycles. The fourth-order valence-corrected chi connectivity index (χ4v) is 1.36. The smallest absolute Gasteiger partial charge is 0.315 e. The van der Waals surface area contributed by atoms with Gasteiger partial charge in [0.05, 0.1) is 0 Å². The molecule has 0 saturated carbocycles. The molecule has 2 N–H and O–H groups in total. The highest BCUT2D eigenvalue weighted by molar-refractivity contribution is 5.86. The summed E-state index contributed by atoms with van der Waals surface area (Å²) in [5.74, 6) is -0.0448. The maximum absolute atomic E-state index is 11.8. The Morgan fingerprint density at radius 3 is 2.19 bits per heavy atom. The monoisotopic (exact) mass is 229 g/mol. The van der Waals surface area contributed by atoms with Crippen molar-refractivity contribution < 1.29 is 9.59 Å². The van der Waals surface area contributed by atoms with Crippen molar-refractivity contribution in [2.24, 2.45) is 0 Å². The number of carbonyl (C=O) groups is 2. The van der Waals surface area contributed by atoms with Crippen molar-refractivity contribution >= 4 is 11.9 Å². The van der Waals surface area contributed by atoms with Crippen LogP contribution in [0.2, 0.25) is 0 Å². The highest BCUT2D eigenvalue weighted by atomic mass is 16.2. The zero-order valence-electron chi connectivity index (χ0n) is 10.7. The Bertz CT molecular complexity index is 227. The molecular formula is C11H23N3O2. The van der Waals surface area contributed by atoms with E-state index < -0.39 is 6.04 Å². The Labute approximate surface area is 97.6 Å². The summed E-state index contributed by atoms with van der Waals surface area (Å²) in [6.45, 7) is 9.47. The van der Waals surface area contributed by atoms with E-state index in [1.807, 2.05) is 20.8 Å². The maximum Gasteiger partial charge on any atom is 0.315 e. The fraction of sp³-hybridized carbons (Fsp3) is 0.818. The van der Waals surface area contributed by atoms with Crippen molar-refractivity contribution in [3.05, 3.63) is 0 Å². The van der Waals surface area contributed by atoms with E-state index in [9.17, 15) is 9.59 Å². The van der Waals surface area contributed by atoms with Crippen LogP contribution < -0.4 is 10.6 Å². The third kappa shape index (κ3) is 5.00. The van der Waals surface area contributed by atoms with Gasteiger partial charge in [-0.25, -0.2) is 4.79 Å². The minimum Gasteiger partial charge on any atom is -0.341 e. The summed E-state index contributed by atoms with van der Waals surface area (Å²) in [4.78, 5) is 24.8. The van der Waals surface area contributed by atoms with Crippen LogP contribution in [0, 0.1) is 0 Å². The SMILES string of the molecule is CCCNC(=O)NC(C)C(=O)N(CC)CC. The number of carbonyl (C=O) groups excluding carboxylic acids is 2. The number of nitrogens with zero attached hydrogens (tertiary/aromatic N) is 1. The van der Waals surface area contributed by atoms with E-state index in [0.29, 0.717) is 19.6 Å². The van der Waals surface area contributed by atoms with E-state index >= 15 is 0 Å². The molecule has 0 fully saturated rings. The van der Waals surface area contributed by atoms with Gasteiger partial charge in [0.1, 0.15) is 6.04 Å². The van der Waals surface area contributed by atoms with Gasteiger partial charge in [0.2, 0.25) is 5.91 Å². The number of amides is 3. The van der Waals surface area contributed by atoms with E-state index in [1.165, 1.54) is 0 Å². The van der Waals surface area contributed by atoms with Crippen LogP contribution in [0.3, 0.4) is 0 Å². The van der Waals surface area contributed by atoms with Crippen LogP contribution >= 0.6 is 0 Å². The number of hydrogen-bond acceptors (Lipinski definition) is 2. The number of hydrogen-bond donors (Lipinski definition) is 2. The zero-order valence-corrected chi connectivity index (χ0v) is 10.7. The van der Waals surface area contributed by atoms with Gasteiger partial charge in [0.15, 0.2) is 0 Å². The molecule has 0 spiro atoms. The van der Waals surface area contributed by atoms with Crippen molar-refractivity contribution in [1.82, 2.24) is 15.5 Å². The Morgan fingerprint density at radius 2 is 1.75 bits per heavy atom. The number of likely N-dealkylation sites (N-methyl/N-ethyl adjacent to an activating group) is 1. The van der Waals surface area contributed by atoms with E-state index in [0.717, 1.165) is 6.42 Å². The predicted molar refractivity (Wildman–Crippen MR) is 64.2 cm³/mol. The van der Waals surface area contributed by atoms with Gasteiger partial charge in [-0.2, -0.15) is 0 Å². The summed E-state index contributed by atoms with van der Waals surface area (Å²) in [5, 5.41) is 5.29. The first-order chi connectivity index (χ1) is 7.56. The third-order valence-electron chi connectivity index (χ3n) is 2.33. The lowest BCUT2D eigenvalue weighted by Crippen LogP contribution is -2.49. The van der Waals surface area contributed by atoms with Crippen LogP contribution in [-0.2, 0) is 4.79 Å². The van der Waals surface area contributed by atoms with Crippen LogP contribution in [0.25, 0.3) is 0 Å². The Kier molecular flexibility index (Phi) is 7.33. The molecule has 5 heteroatoms. The van der Waals surface area contributed by atoms with E-state index in [1.54, 1.807) is 11.8 Å².